The summed E-state index contributed by atoms with van der Waals surface area (Å²) in [7, 11) is 0. The third-order valence-corrected chi connectivity index (χ3v) is 5.63. The normalized spacial score (nSPS) is 13.8. The van der Waals surface area contributed by atoms with Crippen molar-refractivity contribution >= 4 is 17.7 Å². The van der Waals surface area contributed by atoms with E-state index in [9.17, 15) is 4.79 Å². The molecule has 0 aliphatic heterocycles. The van der Waals surface area contributed by atoms with Crippen LogP contribution in [0.25, 0.3) is 11.4 Å². The van der Waals surface area contributed by atoms with E-state index in [0.29, 0.717) is 29.9 Å². The van der Waals surface area contributed by atoms with Crippen molar-refractivity contribution in [3.8, 4) is 11.4 Å². The summed E-state index contributed by atoms with van der Waals surface area (Å²) in [6, 6.07) is 8.15. The highest BCUT2D eigenvalue weighted by Crippen LogP contribution is 2.40. The first-order valence-corrected chi connectivity index (χ1v) is 10.4. The van der Waals surface area contributed by atoms with Crippen LogP contribution >= 0.6 is 11.8 Å². The van der Waals surface area contributed by atoms with Crippen molar-refractivity contribution < 1.29 is 9.32 Å². The number of rotatable bonds is 9. The minimum Gasteiger partial charge on any atom is -0.370 e. The smallest absolute Gasteiger partial charge is 0.237 e. The van der Waals surface area contributed by atoms with E-state index in [-0.39, 0.29) is 12.3 Å². The number of hydrogen-bond donors (Lipinski definition) is 1. The fraction of sp³-hybridized carbons (Fsp3) is 0.421. The van der Waals surface area contributed by atoms with Crippen molar-refractivity contribution in [3.63, 3.8) is 0 Å². The third kappa shape index (κ3) is 4.24. The van der Waals surface area contributed by atoms with E-state index in [0.717, 1.165) is 35.8 Å². The Labute approximate surface area is 166 Å². The summed E-state index contributed by atoms with van der Waals surface area (Å²) in [5.74, 6) is 2.63. The number of nitrogens with zero attached hydrogens (tertiary/aromatic N) is 5. The van der Waals surface area contributed by atoms with E-state index >= 15 is 0 Å². The highest BCUT2D eigenvalue weighted by molar-refractivity contribution is 7.98. The lowest BCUT2D eigenvalue weighted by Gasteiger charge is -2.07. The Kier molecular flexibility index (Phi) is 5.43. The van der Waals surface area contributed by atoms with E-state index in [1.54, 1.807) is 0 Å². The molecule has 2 N–H and O–H groups in total. The molecule has 2 aromatic heterocycles. The summed E-state index contributed by atoms with van der Waals surface area (Å²) in [6.07, 6.45) is 3.49. The SMILES string of the molecule is CCc1ccc(-c2noc(CSc3nnc(C4CC4)n3CCC(N)=O)n2)cc1. The van der Waals surface area contributed by atoms with Crippen LogP contribution in [0.5, 0.6) is 0 Å². The summed E-state index contributed by atoms with van der Waals surface area (Å²) in [6.45, 7) is 2.62. The quantitative estimate of drug-likeness (QED) is 0.551. The lowest BCUT2D eigenvalue weighted by molar-refractivity contribution is -0.118. The van der Waals surface area contributed by atoms with Gasteiger partial charge in [0.25, 0.3) is 0 Å². The maximum atomic E-state index is 11.2. The van der Waals surface area contributed by atoms with Crippen LogP contribution in [0.2, 0.25) is 0 Å². The van der Waals surface area contributed by atoms with Crippen LogP contribution in [0.3, 0.4) is 0 Å². The number of nitrogens with two attached hydrogens (primary N) is 1. The Bertz CT molecular complexity index is 961. The molecule has 1 fully saturated rings. The number of primary amides is 1. The predicted molar refractivity (Wildman–Crippen MR) is 104 cm³/mol. The number of aromatic nitrogens is 5. The molecule has 0 radical (unpaired) electrons. The van der Waals surface area contributed by atoms with Crippen LogP contribution in [-0.4, -0.2) is 30.8 Å². The van der Waals surface area contributed by atoms with E-state index in [4.69, 9.17) is 10.3 Å². The van der Waals surface area contributed by atoms with Crippen LogP contribution in [0.15, 0.2) is 33.9 Å². The van der Waals surface area contributed by atoms with Gasteiger partial charge in [-0.3, -0.25) is 4.79 Å². The van der Waals surface area contributed by atoms with E-state index in [1.165, 1.54) is 17.3 Å². The number of benzene rings is 1. The van der Waals surface area contributed by atoms with Crippen LogP contribution < -0.4 is 5.73 Å². The minimum absolute atomic E-state index is 0.268. The van der Waals surface area contributed by atoms with Crippen LogP contribution in [0.1, 0.15) is 49.4 Å². The van der Waals surface area contributed by atoms with Crippen LogP contribution in [0.4, 0.5) is 0 Å². The van der Waals surface area contributed by atoms with Gasteiger partial charge in [0.2, 0.25) is 17.6 Å². The maximum Gasteiger partial charge on any atom is 0.237 e. The van der Waals surface area contributed by atoms with Gasteiger partial charge in [-0.1, -0.05) is 48.1 Å². The van der Waals surface area contributed by atoms with Crippen LogP contribution in [0, 0.1) is 0 Å². The van der Waals surface area contributed by atoms with Gasteiger partial charge in [-0.05, 0) is 24.8 Å². The van der Waals surface area contributed by atoms with E-state index in [1.807, 2.05) is 16.7 Å². The van der Waals surface area contributed by atoms with Crippen LogP contribution in [-0.2, 0) is 23.5 Å². The number of aryl methyl sites for hydroxylation is 1. The van der Waals surface area contributed by atoms with E-state index < -0.39 is 0 Å². The highest BCUT2D eigenvalue weighted by Gasteiger charge is 2.30. The first-order valence-electron chi connectivity index (χ1n) is 9.40. The standard InChI is InChI=1S/C19H22N6O2S/c1-2-12-3-5-13(6-4-12)17-21-16(27-24-17)11-28-19-23-22-18(14-7-8-14)25(19)10-9-15(20)26/h3-6,14H,2,7-11H2,1H3,(H2,20,26). The summed E-state index contributed by atoms with van der Waals surface area (Å²) in [4.78, 5) is 15.7. The van der Waals surface area contributed by atoms with E-state index in [2.05, 4.69) is 39.4 Å². The Morgan fingerprint density at radius 3 is 2.75 bits per heavy atom. The zero-order chi connectivity index (χ0) is 19.5. The van der Waals surface area contributed by atoms with Gasteiger partial charge in [0.05, 0.1) is 5.75 Å². The third-order valence-electron chi connectivity index (χ3n) is 4.68. The molecule has 0 saturated heterocycles. The molecule has 0 spiro atoms. The van der Waals surface area contributed by atoms with Crippen molar-refractivity contribution in [1.82, 2.24) is 24.9 Å². The minimum atomic E-state index is -0.331. The Hall–Kier alpha value is -2.68. The summed E-state index contributed by atoms with van der Waals surface area (Å²) in [5, 5.41) is 13.4. The molecule has 1 aliphatic carbocycles. The molecule has 1 saturated carbocycles. The molecule has 146 valence electrons. The van der Waals surface area contributed by atoms with Crippen molar-refractivity contribution in [1.29, 1.82) is 0 Å². The number of thioether (sulfide) groups is 1. The van der Waals surface area contributed by atoms with Crippen molar-refractivity contribution in [2.45, 2.75) is 56.0 Å². The molecule has 28 heavy (non-hydrogen) atoms. The molecule has 9 heteroatoms. The Morgan fingerprint density at radius 1 is 1.29 bits per heavy atom. The molecule has 1 amide bonds. The van der Waals surface area contributed by atoms with Gasteiger partial charge in [-0.15, -0.1) is 10.2 Å². The average molecular weight is 398 g/mol. The second-order valence-corrected chi connectivity index (χ2v) is 7.78. The lowest BCUT2D eigenvalue weighted by Crippen LogP contribution is -2.15. The molecule has 4 rings (SSSR count). The molecule has 3 aromatic rings. The Balaban J connectivity index is 1.44. The molecular formula is C19H22N6O2S. The molecule has 1 aliphatic rings. The topological polar surface area (TPSA) is 113 Å². The number of amides is 1. The number of carbonyl (C=O) groups is 1. The van der Waals surface area contributed by atoms with Crippen molar-refractivity contribution in [2.75, 3.05) is 0 Å². The maximum absolute atomic E-state index is 11.2. The molecule has 1 aromatic carbocycles. The van der Waals surface area contributed by atoms with Gasteiger partial charge in [0, 0.05) is 24.4 Å². The monoisotopic (exact) mass is 398 g/mol. The molecule has 0 bridgehead atoms. The lowest BCUT2D eigenvalue weighted by atomic mass is 10.1. The van der Waals surface area contributed by atoms with Gasteiger partial charge in [-0.2, -0.15) is 4.98 Å². The zero-order valence-corrected chi connectivity index (χ0v) is 16.5. The second kappa shape index (κ2) is 8.14. The fourth-order valence-electron chi connectivity index (χ4n) is 2.93. The highest BCUT2D eigenvalue weighted by atomic mass is 32.2. The summed E-state index contributed by atoms with van der Waals surface area (Å²) < 4.78 is 7.38. The molecular weight excluding hydrogens is 376 g/mol. The second-order valence-electron chi connectivity index (χ2n) is 6.83. The number of hydrogen-bond acceptors (Lipinski definition) is 7. The molecule has 8 nitrogen and oxygen atoms in total. The first kappa shape index (κ1) is 18.7. The predicted octanol–water partition coefficient (Wildman–Crippen LogP) is 2.94. The molecule has 0 atom stereocenters. The summed E-state index contributed by atoms with van der Waals surface area (Å²) >= 11 is 1.47. The largest absolute Gasteiger partial charge is 0.370 e. The van der Waals surface area contributed by atoms with Gasteiger partial charge >= 0.3 is 0 Å². The van der Waals surface area contributed by atoms with Crippen molar-refractivity contribution in [2.24, 2.45) is 5.73 Å². The molecule has 2 heterocycles. The average Bonchev–Trinajstić information content (AvgIpc) is 3.30. The van der Waals surface area contributed by atoms with Gasteiger partial charge in [0.1, 0.15) is 5.82 Å². The first-order chi connectivity index (χ1) is 13.6. The summed E-state index contributed by atoms with van der Waals surface area (Å²) in [5.41, 5.74) is 7.51. The molecule has 0 unspecified atom stereocenters. The van der Waals surface area contributed by atoms with Crippen molar-refractivity contribution in [3.05, 3.63) is 41.5 Å². The van der Waals surface area contributed by atoms with Gasteiger partial charge < -0.3 is 14.8 Å². The number of carbonyl (C=O) groups excluding carboxylic acids is 1. The van der Waals surface area contributed by atoms with Gasteiger partial charge in [0.15, 0.2) is 5.16 Å². The zero-order valence-electron chi connectivity index (χ0n) is 15.7. The Morgan fingerprint density at radius 2 is 2.07 bits per heavy atom. The van der Waals surface area contributed by atoms with Gasteiger partial charge in [-0.25, -0.2) is 0 Å². The fourth-order valence-corrected chi connectivity index (χ4v) is 3.74.